The molecule has 1 atom stereocenters. The quantitative estimate of drug-likeness (QED) is 0.540. The van der Waals surface area contributed by atoms with Gasteiger partial charge < -0.3 is 5.32 Å². The predicted octanol–water partition coefficient (Wildman–Crippen LogP) is 4.51. The summed E-state index contributed by atoms with van der Waals surface area (Å²) in [5.41, 5.74) is 3.40. The summed E-state index contributed by atoms with van der Waals surface area (Å²) in [6.07, 6.45) is 0.550. The molecule has 0 fully saturated rings. The number of hydrogen-bond donors (Lipinski definition) is 1. The van der Waals surface area contributed by atoms with E-state index in [1.54, 1.807) is 6.07 Å². The first-order chi connectivity index (χ1) is 13.9. The minimum atomic E-state index is -0.516. The minimum Gasteiger partial charge on any atom is -0.323 e. The van der Waals surface area contributed by atoms with E-state index in [0.717, 1.165) is 22.2 Å². The second-order valence-electron chi connectivity index (χ2n) is 7.13. The number of carbonyl (C=O) groups is 1. The molecule has 1 N–H and O–H groups in total. The number of hydrogen-bond acceptors (Lipinski definition) is 3. The maximum atomic E-state index is 13.3. The smallest absolute Gasteiger partial charge is 0.273 e. The lowest BCUT2D eigenvalue weighted by atomic mass is 10.1. The van der Waals surface area contributed by atoms with Gasteiger partial charge in [0.2, 0.25) is 5.91 Å². The molecular formula is C22H21ClN4O2. The van der Waals surface area contributed by atoms with Crippen LogP contribution in [0.5, 0.6) is 0 Å². The van der Waals surface area contributed by atoms with Gasteiger partial charge >= 0.3 is 0 Å². The molecule has 0 saturated carbocycles. The molecule has 29 heavy (non-hydrogen) atoms. The molecule has 0 bridgehead atoms. The number of anilines is 1. The number of amides is 1. The van der Waals surface area contributed by atoms with Crippen LogP contribution in [0.3, 0.4) is 0 Å². The number of benzene rings is 2. The molecule has 1 amide bonds. The second-order valence-corrected chi connectivity index (χ2v) is 7.54. The number of para-hydroxylation sites is 1. The van der Waals surface area contributed by atoms with Gasteiger partial charge in [0, 0.05) is 17.1 Å². The molecule has 2 aromatic heterocycles. The number of nitrogens with zero attached hydrogens (tertiary/aromatic N) is 3. The van der Waals surface area contributed by atoms with Gasteiger partial charge in [-0.1, -0.05) is 36.7 Å². The number of carbonyl (C=O) groups excluding carboxylic acids is 1. The van der Waals surface area contributed by atoms with Crippen molar-refractivity contribution in [2.45, 2.75) is 33.2 Å². The van der Waals surface area contributed by atoms with E-state index in [1.165, 1.54) is 6.07 Å². The van der Waals surface area contributed by atoms with E-state index in [1.807, 2.05) is 66.4 Å². The van der Waals surface area contributed by atoms with Crippen LogP contribution in [0.4, 0.5) is 5.69 Å². The minimum absolute atomic E-state index is 0.181. The summed E-state index contributed by atoms with van der Waals surface area (Å²) in [5, 5.41) is 4.27. The topological polar surface area (TPSA) is 68.4 Å². The molecule has 6 nitrogen and oxygen atoms in total. The van der Waals surface area contributed by atoms with Crippen LogP contribution in [0.25, 0.3) is 16.6 Å². The van der Waals surface area contributed by atoms with E-state index in [9.17, 15) is 9.59 Å². The van der Waals surface area contributed by atoms with Crippen molar-refractivity contribution in [3.8, 4) is 0 Å². The molecule has 0 radical (unpaired) electrons. The molecule has 2 aromatic carbocycles. The lowest BCUT2D eigenvalue weighted by Gasteiger charge is -2.21. The van der Waals surface area contributed by atoms with Gasteiger partial charge in [0.05, 0.1) is 16.2 Å². The third kappa shape index (κ3) is 3.29. The van der Waals surface area contributed by atoms with Gasteiger partial charge in [0.25, 0.3) is 5.56 Å². The van der Waals surface area contributed by atoms with Gasteiger partial charge in [-0.2, -0.15) is 4.98 Å². The highest BCUT2D eigenvalue weighted by Crippen LogP contribution is 2.29. The van der Waals surface area contributed by atoms with E-state index in [0.29, 0.717) is 22.8 Å². The van der Waals surface area contributed by atoms with Gasteiger partial charge in [-0.15, -0.1) is 0 Å². The highest BCUT2D eigenvalue weighted by atomic mass is 35.5. The van der Waals surface area contributed by atoms with Crippen LogP contribution < -0.4 is 10.9 Å². The molecule has 0 spiro atoms. The fourth-order valence-electron chi connectivity index (χ4n) is 3.72. The van der Waals surface area contributed by atoms with E-state index >= 15 is 0 Å². The molecule has 0 unspecified atom stereocenters. The fourth-order valence-corrected chi connectivity index (χ4v) is 4.00. The number of fused-ring (bicyclic) bond motifs is 3. The van der Waals surface area contributed by atoms with Crippen LogP contribution in [0.1, 0.15) is 30.6 Å². The van der Waals surface area contributed by atoms with Crippen LogP contribution >= 0.6 is 11.6 Å². The third-order valence-corrected chi connectivity index (χ3v) is 5.37. The van der Waals surface area contributed by atoms with E-state index in [2.05, 4.69) is 10.3 Å². The molecule has 0 aliphatic heterocycles. The first-order valence-electron chi connectivity index (χ1n) is 9.47. The molecule has 4 aromatic rings. The highest BCUT2D eigenvalue weighted by molar-refractivity contribution is 6.33. The Balaban J connectivity index is 1.88. The first kappa shape index (κ1) is 19.2. The van der Waals surface area contributed by atoms with Crippen molar-refractivity contribution in [1.29, 1.82) is 0 Å². The van der Waals surface area contributed by atoms with Crippen LogP contribution in [-0.4, -0.2) is 20.1 Å². The standard InChI is InChI=1S/C22H21ClN4O2/c1-4-18(22(29)24-17-10-9-13(2)11-16(17)23)27-19-8-6-5-7-15(19)21-25-20(28)12-14(3)26(21)27/h5-12,18H,4H2,1-3H3,(H,24,29)/t18-/m1/s1. The SMILES string of the molecule is CC[C@H](C(=O)Nc1ccc(C)cc1Cl)n1c2ccccc2c2nc(=O)cc(C)n21. The van der Waals surface area contributed by atoms with Crippen molar-refractivity contribution < 1.29 is 4.79 Å². The van der Waals surface area contributed by atoms with Crippen molar-refractivity contribution in [1.82, 2.24) is 14.2 Å². The Labute approximate surface area is 172 Å². The molecule has 7 heteroatoms. The highest BCUT2D eigenvalue weighted by Gasteiger charge is 2.25. The maximum Gasteiger partial charge on any atom is 0.273 e. The van der Waals surface area contributed by atoms with Crippen molar-refractivity contribution in [3.05, 3.63) is 75.2 Å². The molecular weight excluding hydrogens is 388 g/mol. The lowest BCUT2D eigenvalue weighted by Crippen LogP contribution is -2.29. The Bertz CT molecular complexity index is 1310. The number of nitrogens with one attached hydrogen (secondary N) is 1. The van der Waals surface area contributed by atoms with Gasteiger partial charge in [-0.05, 0) is 50.1 Å². The second kappa shape index (κ2) is 7.37. The fraction of sp³-hybridized carbons (Fsp3) is 0.227. The summed E-state index contributed by atoms with van der Waals surface area (Å²) in [7, 11) is 0. The zero-order valence-corrected chi connectivity index (χ0v) is 17.2. The molecule has 2 heterocycles. The van der Waals surface area contributed by atoms with Crippen molar-refractivity contribution >= 4 is 39.7 Å². The van der Waals surface area contributed by atoms with Crippen LogP contribution in [0, 0.1) is 13.8 Å². The first-order valence-corrected chi connectivity index (χ1v) is 9.85. The number of aryl methyl sites for hydroxylation is 2. The van der Waals surface area contributed by atoms with Crippen molar-refractivity contribution in [2.75, 3.05) is 5.32 Å². The Morgan fingerprint density at radius 2 is 1.93 bits per heavy atom. The molecule has 148 valence electrons. The number of aromatic nitrogens is 3. The van der Waals surface area contributed by atoms with E-state index in [-0.39, 0.29) is 11.5 Å². The normalized spacial score (nSPS) is 12.4. The van der Waals surface area contributed by atoms with E-state index < -0.39 is 6.04 Å². The van der Waals surface area contributed by atoms with Crippen molar-refractivity contribution in [2.24, 2.45) is 0 Å². The Kier molecular flexibility index (Phi) is 4.88. The summed E-state index contributed by atoms with van der Waals surface area (Å²) in [4.78, 5) is 29.5. The van der Waals surface area contributed by atoms with Gasteiger partial charge in [-0.3, -0.25) is 14.3 Å². The summed E-state index contributed by atoms with van der Waals surface area (Å²) in [6.45, 7) is 5.74. The molecule has 0 aliphatic rings. The largest absolute Gasteiger partial charge is 0.323 e. The third-order valence-electron chi connectivity index (χ3n) is 5.06. The summed E-state index contributed by atoms with van der Waals surface area (Å²) in [6, 6.07) is 14.1. The molecule has 0 saturated heterocycles. The molecule has 4 rings (SSSR count). The Morgan fingerprint density at radius 1 is 1.17 bits per heavy atom. The van der Waals surface area contributed by atoms with Crippen LogP contribution in [-0.2, 0) is 4.79 Å². The Morgan fingerprint density at radius 3 is 2.66 bits per heavy atom. The van der Waals surface area contributed by atoms with Gasteiger partial charge in [0.15, 0.2) is 5.65 Å². The average Bonchev–Trinajstić information content (AvgIpc) is 3.00. The Hall–Kier alpha value is -3.12. The van der Waals surface area contributed by atoms with E-state index in [4.69, 9.17) is 11.6 Å². The lowest BCUT2D eigenvalue weighted by molar-refractivity contribution is -0.119. The summed E-state index contributed by atoms with van der Waals surface area (Å²) in [5.74, 6) is -0.181. The van der Waals surface area contributed by atoms with Crippen LogP contribution in [0.2, 0.25) is 5.02 Å². The number of halogens is 1. The summed E-state index contributed by atoms with van der Waals surface area (Å²) >= 11 is 6.31. The van der Waals surface area contributed by atoms with Gasteiger partial charge in [0.1, 0.15) is 6.04 Å². The number of rotatable bonds is 4. The average molecular weight is 409 g/mol. The zero-order chi connectivity index (χ0) is 20.7. The summed E-state index contributed by atoms with van der Waals surface area (Å²) < 4.78 is 3.75. The monoisotopic (exact) mass is 408 g/mol. The predicted molar refractivity (Wildman–Crippen MR) is 116 cm³/mol. The molecule has 0 aliphatic carbocycles. The zero-order valence-electron chi connectivity index (χ0n) is 16.4. The van der Waals surface area contributed by atoms with Gasteiger partial charge in [-0.25, -0.2) is 4.52 Å². The maximum absolute atomic E-state index is 13.3. The van der Waals surface area contributed by atoms with Crippen molar-refractivity contribution in [3.63, 3.8) is 0 Å². The van der Waals surface area contributed by atoms with Crippen LogP contribution in [0.15, 0.2) is 53.3 Å².